The number of nitriles is 1. The van der Waals surface area contributed by atoms with Crippen LogP contribution < -0.4 is 9.47 Å². The highest BCUT2D eigenvalue weighted by molar-refractivity contribution is 7.86. The van der Waals surface area contributed by atoms with Crippen LogP contribution in [0.1, 0.15) is 5.56 Å². The summed E-state index contributed by atoms with van der Waals surface area (Å²) < 4.78 is 68.6. The van der Waals surface area contributed by atoms with E-state index in [0.717, 1.165) is 0 Å². The third kappa shape index (κ3) is 5.80. The van der Waals surface area contributed by atoms with Gasteiger partial charge in [0.2, 0.25) is 0 Å². The molecule has 1 aromatic heterocycles. The van der Waals surface area contributed by atoms with Gasteiger partial charge in [-0.2, -0.15) is 26.9 Å². The standard InChI is InChI=1S/C17H11N3O4.CHF3O3S/c1-23-17-9-14-15(8-11(17)10-18)19-7-6-16(14)24-13-4-2-12(3-5-13)20(21)22;2-1(3,4)8(5,6)7/h2-9H,1H3;(H,5,6,7). The lowest BCUT2D eigenvalue weighted by Crippen LogP contribution is -2.21. The Hall–Kier alpha value is -3.96. The molecule has 0 unspecified atom stereocenters. The second-order valence-electron chi connectivity index (χ2n) is 5.76. The molecule has 0 amide bonds. The van der Waals surface area contributed by atoms with E-state index in [2.05, 4.69) is 11.1 Å². The molecule has 2 aromatic carbocycles. The summed E-state index contributed by atoms with van der Waals surface area (Å²) in [6.07, 6.45) is 1.57. The zero-order chi connectivity index (χ0) is 24.1. The van der Waals surface area contributed by atoms with E-state index in [4.69, 9.17) is 27.7 Å². The number of methoxy groups -OCH3 is 1. The molecule has 0 radical (unpaired) electrons. The van der Waals surface area contributed by atoms with Gasteiger partial charge < -0.3 is 9.47 Å². The van der Waals surface area contributed by atoms with Crippen molar-refractivity contribution in [3.05, 3.63) is 64.3 Å². The molecular formula is C18H12F3N3O7S. The van der Waals surface area contributed by atoms with E-state index in [1.807, 2.05) is 0 Å². The third-order valence-electron chi connectivity index (χ3n) is 3.71. The Labute approximate surface area is 178 Å². The number of aromatic nitrogens is 1. The van der Waals surface area contributed by atoms with Crippen molar-refractivity contribution in [1.82, 2.24) is 4.98 Å². The number of benzene rings is 2. The highest BCUT2D eigenvalue weighted by Gasteiger charge is 2.44. The van der Waals surface area contributed by atoms with Gasteiger partial charge in [-0.1, -0.05) is 0 Å². The number of halogens is 3. The summed E-state index contributed by atoms with van der Waals surface area (Å²) in [6.45, 7) is 0. The number of pyridine rings is 1. The molecule has 32 heavy (non-hydrogen) atoms. The fourth-order valence-electron chi connectivity index (χ4n) is 2.26. The summed E-state index contributed by atoms with van der Waals surface area (Å²) in [6, 6.07) is 12.8. The average Bonchev–Trinajstić information content (AvgIpc) is 2.72. The molecule has 1 heterocycles. The SMILES string of the molecule is COc1cc2c(Oc3ccc([N+](=O)[O-])cc3)ccnc2cc1C#N.O=S(=O)(O)C(F)(F)F. The maximum atomic E-state index is 10.7. The average molecular weight is 471 g/mol. The number of nitro benzene ring substituents is 1. The highest BCUT2D eigenvalue weighted by Crippen LogP contribution is 2.33. The lowest BCUT2D eigenvalue weighted by atomic mass is 10.1. The van der Waals surface area contributed by atoms with Gasteiger partial charge in [-0.3, -0.25) is 19.7 Å². The maximum Gasteiger partial charge on any atom is 0.522 e. The summed E-state index contributed by atoms with van der Waals surface area (Å²) >= 11 is 0. The first kappa shape index (κ1) is 24.3. The van der Waals surface area contributed by atoms with Crippen molar-refractivity contribution in [3.8, 4) is 23.3 Å². The van der Waals surface area contributed by atoms with Gasteiger partial charge in [0, 0.05) is 23.7 Å². The fourth-order valence-corrected chi connectivity index (χ4v) is 2.26. The van der Waals surface area contributed by atoms with Crippen molar-refractivity contribution < 1.29 is 40.5 Å². The maximum absolute atomic E-state index is 10.7. The van der Waals surface area contributed by atoms with Crippen molar-refractivity contribution in [1.29, 1.82) is 5.26 Å². The van der Waals surface area contributed by atoms with Crippen molar-refractivity contribution >= 4 is 26.7 Å². The number of alkyl halides is 3. The van der Waals surface area contributed by atoms with E-state index < -0.39 is 20.5 Å². The molecule has 0 saturated heterocycles. The Balaban J connectivity index is 0.000000390. The number of rotatable bonds is 4. The number of ether oxygens (including phenoxy) is 2. The van der Waals surface area contributed by atoms with E-state index in [-0.39, 0.29) is 5.69 Å². The van der Waals surface area contributed by atoms with E-state index >= 15 is 0 Å². The van der Waals surface area contributed by atoms with Gasteiger partial charge in [-0.15, -0.1) is 0 Å². The molecule has 0 saturated carbocycles. The molecule has 0 aliphatic rings. The van der Waals surface area contributed by atoms with E-state index in [1.165, 1.54) is 31.4 Å². The van der Waals surface area contributed by atoms with Crippen LogP contribution in [0.4, 0.5) is 18.9 Å². The quantitative estimate of drug-likeness (QED) is 0.255. The second kappa shape index (κ2) is 9.45. The number of nitro groups is 1. The van der Waals surface area contributed by atoms with Crippen molar-refractivity contribution in [2.75, 3.05) is 7.11 Å². The normalized spacial score (nSPS) is 11.1. The summed E-state index contributed by atoms with van der Waals surface area (Å²) in [5, 5.41) is 20.5. The van der Waals surface area contributed by atoms with Gasteiger partial charge in [-0.05, 0) is 30.3 Å². The monoisotopic (exact) mass is 471 g/mol. The van der Waals surface area contributed by atoms with Crippen LogP contribution in [0, 0.1) is 21.4 Å². The smallest absolute Gasteiger partial charge is 0.495 e. The lowest BCUT2D eigenvalue weighted by molar-refractivity contribution is -0.384. The van der Waals surface area contributed by atoms with Crippen molar-refractivity contribution in [2.45, 2.75) is 5.51 Å². The Morgan fingerprint density at radius 2 is 1.75 bits per heavy atom. The minimum Gasteiger partial charge on any atom is -0.495 e. The first-order valence-corrected chi connectivity index (χ1v) is 9.64. The first-order chi connectivity index (χ1) is 14.9. The fraction of sp³-hybridized carbons (Fsp3) is 0.111. The summed E-state index contributed by atoms with van der Waals surface area (Å²) in [7, 11) is -4.36. The van der Waals surface area contributed by atoms with Crippen LogP contribution >= 0.6 is 0 Å². The zero-order valence-electron chi connectivity index (χ0n) is 15.9. The minimum atomic E-state index is -5.84. The van der Waals surface area contributed by atoms with Gasteiger partial charge in [0.25, 0.3) is 5.69 Å². The highest BCUT2D eigenvalue weighted by atomic mass is 32.2. The Morgan fingerprint density at radius 3 is 2.22 bits per heavy atom. The predicted molar refractivity (Wildman–Crippen MR) is 104 cm³/mol. The second-order valence-corrected chi connectivity index (χ2v) is 7.18. The van der Waals surface area contributed by atoms with Crippen LogP contribution in [0.3, 0.4) is 0 Å². The summed E-state index contributed by atoms with van der Waals surface area (Å²) in [5.41, 5.74) is -4.58. The third-order valence-corrected chi connectivity index (χ3v) is 4.30. The number of nitrogens with zero attached hydrogens (tertiary/aromatic N) is 3. The molecular weight excluding hydrogens is 459 g/mol. The van der Waals surface area contributed by atoms with Crippen LogP contribution in [0.15, 0.2) is 48.7 Å². The molecule has 0 fully saturated rings. The summed E-state index contributed by atoms with van der Waals surface area (Å²) in [5.74, 6) is 1.39. The van der Waals surface area contributed by atoms with Crippen LogP contribution in [-0.4, -0.2) is 35.5 Å². The minimum absolute atomic E-state index is 0.0118. The number of hydrogen-bond acceptors (Lipinski definition) is 8. The van der Waals surface area contributed by atoms with Gasteiger partial charge in [0.15, 0.2) is 0 Å². The molecule has 0 atom stereocenters. The molecule has 1 N–H and O–H groups in total. The number of hydrogen-bond donors (Lipinski definition) is 1. The van der Waals surface area contributed by atoms with Crippen LogP contribution in [0.5, 0.6) is 17.2 Å². The van der Waals surface area contributed by atoms with Gasteiger partial charge in [0.1, 0.15) is 23.3 Å². The number of non-ortho nitro benzene ring substituents is 1. The van der Waals surface area contributed by atoms with Gasteiger partial charge in [-0.25, -0.2) is 0 Å². The largest absolute Gasteiger partial charge is 0.522 e. The molecule has 3 rings (SSSR count). The zero-order valence-corrected chi connectivity index (χ0v) is 16.7. The van der Waals surface area contributed by atoms with Gasteiger partial charge in [0.05, 0.1) is 23.1 Å². The first-order valence-electron chi connectivity index (χ1n) is 8.20. The van der Waals surface area contributed by atoms with Crippen LogP contribution in [0.25, 0.3) is 10.9 Å². The van der Waals surface area contributed by atoms with E-state index in [9.17, 15) is 23.3 Å². The number of fused-ring (bicyclic) bond motifs is 1. The lowest BCUT2D eigenvalue weighted by Gasteiger charge is -2.10. The Bertz CT molecular complexity index is 1290. The molecule has 10 nitrogen and oxygen atoms in total. The molecule has 0 spiro atoms. The molecule has 0 aliphatic carbocycles. The molecule has 0 bridgehead atoms. The van der Waals surface area contributed by atoms with Crippen LogP contribution in [0.2, 0.25) is 0 Å². The van der Waals surface area contributed by atoms with Crippen molar-refractivity contribution in [2.24, 2.45) is 0 Å². The predicted octanol–water partition coefficient (Wildman–Crippen LogP) is 4.21. The molecule has 0 aliphatic heterocycles. The molecule has 14 heteroatoms. The van der Waals surface area contributed by atoms with E-state index in [0.29, 0.717) is 33.7 Å². The van der Waals surface area contributed by atoms with E-state index in [1.54, 1.807) is 24.4 Å². The van der Waals surface area contributed by atoms with Crippen LogP contribution in [-0.2, 0) is 10.1 Å². The van der Waals surface area contributed by atoms with Gasteiger partial charge >= 0.3 is 15.6 Å². The Morgan fingerprint density at radius 1 is 1.16 bits per heavy atom. The van der Waals surface area contributed by atoms with Crippen molar-refractivity contribution in [3.63, 3.8) is 0 Å². The molecule has 168 valence electrons. The topological polar surface area (TPSA) is 153 Å². The molecule has 3 aromatic rings. The Kier molecular flexibility index (Phi) is 7.18. The summed E-state index contributed by atoms with van der Waals surface area (Å²) in [4.78, 5) is 14.4.